The van der Waals surface area contributed by atoms with E-state index in [4.69, 9.17) is 0 Å². The highest BCUT2D eigenvalue weighted by Gasteiger charge is 2.46. The number of carboxylic acid groups (broad SMARTS) is 1. The van der Waals surface area contributed by atoms with Crippen LogP contribution in [0.5, 0.6) is 0 Å². The molecule has 4 heterocycles. The van der Waals surface area contributed by atoms with Crippen molar-refractivity contribution in [2.45, 2.75) is 32.7 Å². The number of fused-ring (bicyclic) bond motifs is 1. The molecule has 3 aromatic heterocycles. The van der Waals surface area contributed by atoms with Gasteiger partial charge >= 0.3 is 5.97 Å². The van der Waals surface area contributed by atoms with Crippen molar-refractivity contribution in [2.75, 3.05) is 13.1 Å². The Balaban J connectivity index is 1.33. The van der Waals surface area contributed by atoms with Gasteiger partial charge in [0.15, 0.2) is 0 Å². The molecule has 1 saturated heterocycles. The molecule has 1 N–H and O–H groups in total. The van der Waals surface area contributed by atoms with Gasteiger partial charge in [-0.25, -0.2) is 4.68 Å². The van der Waals surface area contributed by atoms with Crippen molar-refractivity contribution in [2.24, 2.45) is 5.41 Å². The highest BCUT2D eigenvalue weighted by Crippen LogP contribution is 2.35. The zero-order valence-electron chi connectivity index (χ0n) is 18.7. The van der Waals surface area contributed by atoms with Crippen molar-refractivity contribution < 1.29 is 14.7 Å². The summed E-state index contributed by atoms with van der Waals surface area (Å²) in [5, 5.41) is 27.5. The molecule has 174 valence electrons. The number of likely N-dealkylation sites (tertiary alicyclic amines) is 1. The average Bonchev–Trinajstić information content (AvgIpc) is 3.59. The molecule has 1 aromatic carbocycles. The Hall–Kier alpha value is -4.15. The van der Waals surface area contributed by atoms with Gasteiger partial charge in [0.05, 0.1) is 40.6 Å². The van der Waals surface area contributed by atoms with Crippen molar-refractivity contribution in [1.29, 1.82) is 0 Å². The smallest absolute Gasteiger partial charge is 0.311 e. The second kappa shape index (κ2) is 8.65. The predicted octanol–water partition coefficient (Wildman–Crippen LogP) is 1.52. The van der Waals surface area contributed by atoms with E-state index in [9.17, 15) is 14.7 Å². The van der Waals surface area contributed by atoms with E-state index in [1.54, 1.807) is 32.9 Å². The second-order valence-electron chi connectivity index (χ2n) is 8.57. The van der Waals surface area contributed by atoms with Crippen LogP contribution in [-0.2, 0) is 29.0 Å². The molecule has 5 rings (SSSR count). The summed E-state index contributed by atoms with van der Waals surface area (Å²) in [6.45, 7) is 3.10. The fraction of sp³-hybridized carbons (Fsp3) is 0.348. The lowest BCUT2D eigenvalue weighted by Crippen LogP contribution is -2.39. The van der Waals surface area contributed by atoms with Gasteiger partial charge in [0.2, 0.25) is 5.91 Å². The van der Waals surface area contributed by atoms with Crippen LogP contribution in [0.3, 0.4) is 0 Å². The molecular weight excluding hydrogens is 436 g/mol. The molecule has 1 atom stereocenters. The number of rotatable bonds is 7. The molecule has 0 radical (unpaired) electrons. The van der Waals surface area contributed by atoms with Crippen molar-refractivity contribution in [3.8, 4) is 5.69 Å². The fourth-order valence-electron chi connectivity index (χ4n) is 4.44. The Morgan fingerprint density at radius 1 is 1.09 bits per heavy atom. The van der Waals surface area contributed by atoms with Gasteiger partial charge in [-0.3, -0.25) is 19.3 Å². The Bertz CT molecular complexity index is 1360. The monoisotopic (exact) mass is 460 g/mol. The number of aromatic nitrogens is 7. The van der Waals surface area contributed by atoms with Gasteiger partial charge in [0, 0.05) is 43.8 Å². The van der Waals surface area contributed by atoms with Gasteiger partial charge in [-0.05, 0) is 25.5 Å². The van der Waals surface area contributed by atoms with Gasteiger partial charge in [-0.1, -0.05) is 28.6 Å². The number of carbonyl (C=O) groups excluding carboxylic acids is 1. The zero-order valence-corrected chi connectivity index (χ0v) is 18.7. The number of amides is 1. The summed E-state index contributed by atoms with van der Waals surface area (Å²) in [4.78, 5) is 31.1. The summed E-state index contributed by atoms with van der Waals surface area (Å²) in [7, 11) is 0. The molecule has 0 aliphatic carbocycles. The number of aryl methyl sites for hydroxylation is 1. The molecule has 11 nitrogen and oxygen atoms in total. The van der Waals surface area contributed by atoms with E-state index >= 15 is 0 Å². The quantitative estimate of drug-likeness (QED) is 0.439. The Kier molecular flexibility index (Phi) is 5.52. The molecular formula is C23H24N8O3. The molecule has 0 saturated carbocycles. The molecule has 34 heavy (non-hydrogen) atoms. The molecule has 4 aromatic rings. The number of pyridine rings is 1. The fourth-order valence-corrected chi connectivity index (χ4v) is 4.44. The normalized spacial score (nSPS) is 18.0. The van der Waals surface area contributed by atoms with E-state index in [1.165, 1.54) is 0 Å². The van der Waals surface area contributed by atoms with Crippen molar-refractivity contribution in [1.82, 2.24) is 39.9 Å². The van der Waals surface area contributed by atoms with Crippen LogP contribution in [0.1, 0.15) is 24.7 Å². The minimum Gasteiger partial charge on any atom is -0.481 e. The number of carbonyl (C=O) groups is 2. The van der Waals surface area contributed by atoms with E-state index in [-0.39, 0.29) is 25.3 Å². The number of carboxylic acids is 1. The van der Waals surface area contributed by atoms with Crippen molar-refractivity contribution in [3.05, 3.63) is 60.3 Å². The standard InChI is InChI=1S/C23H24N8O3/c1-2-30-13-16(25-27-30)11-21(32)29-10-8-23(15-29,22(33)34)12-17-14-31(28-26-17)20-7-9-24-19-6-4-3-5-18(19)20/h3-7,9,13-14H,2,8,10-12,15H2,1H3,(H,33,34). The van der Waals surface area contributed by atoms with Crippen molar-refractivity contribution in [3.63, 3.8) is 0 Å². The van der Waals surface area contributed by atoms with Gasteiger partial charge in [0.25, 0.3) is 0 Å². The highest BCUT2D eigenvalue weighted by atomic mass is 16.4. The zero-order chi connectivity index (χ0) is 23.7. The van der Waals surface area contributed by atoms with Crippen LogP contribution in [0, 0.1) is 5.41 Å². The minimum atomic E-state index is -1.11. The lowest BCUT2D eigenvalue weighted by atomic mass is 9.82. The van der Waals surface area contributed by atoms with Crippen molar-refractivity contribution >= 4 is 22.8 Å². The van der Waals surface area contributed by atoms with Crippen LogP contribution in [0.2, 0.25) is 0 Å². The van der Waals surface area contributed by atoms with Gasteiger partial charge < -0.3 is 10.0 Å². The first-order chi connectivity index (χ1) is 16.5. The first-order valence-corrected chi connectivity index (χ1v) is 11.1. The van der Waals surface area contributed by atoms with Crippen LogP contribution < -0.4 is 0 Å². The first-order valence-electron chi connectivity index (χ1n) is 11.1. The average molecular weight is 460 g/mol. The van der Waals surface area contributed by atoms with Gasteiger partial charge in [-0.15, -0.1) is 10.2 Å². The number of nitrogens with zero attached hydrogens (tertiary/aromatic N) is 8. The van der Waals surface area contributed by atoms with E-state index in [1.807, 2.05) is 37.3 Å². The maximum absolute atomic E-state index is 12.8. The number of aliphatic carboxylic acids is 1. The molecule has 0 spiro atoms. The van der Waals surface area contributed by atoms with Crippen LogP contribution in [0.4, 0.5) is 0 Å². The Labute approximate surface area is 195 Å². The van der Waals surface area contributed by atoms with Crippen LogP contribution in [-0.4, -0.2) is 69.9 Å². The predicted molar refractivity (Wildman–Crippen MR) is 121 cm³/mol. The van der Waals surface area contributed by atoms with E-state index < -0.39 is 11.4 Å². The minimum absolute atomic E-state index is 0.0982. The summed E-state index contributed by atoms with van der Waals surface area (Å²) in [5.74, 6) is -1.10. The third kappa shape index (κ3) is 4.00. The molecule has 1 amide bonds. The summed E-state index contributed by atoms with van der Waals surface area (Å²) < 4.78 is 3.30. The van der Waals surface area contributed by atoms with Crippen LogP contribution in [0.15, 0.2) is 48.9 Å². The SMILES string of the molecule is CCn1cc(CC(=O)N2CCC(Cc3cn(-c4ccnc5ccccc45)nn3)(C(=O)O)C2)nn1. The third-order valence-corrected chi connectivity index (χ3v) is 6.34. The van der Waals surface area contributed by atoms with Crippen LogP contribution in [0.25, 0.3) is 16.6 Å². The molecule has 11 heteroatoms. The molecule has 1 aliphatic rings. The number of hydrogen-bond donors (Lipinski definition) is 1. The van der Waals surface area contributed by atoms with E-state index in [2.05, 4.69) is 25.6 Å². The van der Waals surface area contributed by atoms with Gasteiger partial charge in [-0.2, -0.15) is 0 Å². The second-order valence-corrected chi connectivity index (χ2v) is 8.57. The molecule has 0 bridgehead atoms. The number of hydrogen-bond acceptors (Lipinski definition) is 7. The van der Waals surface area contributed by atoms with E-state index in [0.717, 1.165) is 16.6 Å². The maximum Gasteiger partial charge on any atom is 0.311 e. The topological polar surface area (TPSA) is 132 Å². The molecule has 1 fully saturated rings. The summed E-state index contributed by atoms with van der Waals surface area (Å²) in [5.41, 5.74) is 1.67. The van der Waals surface area contributed by atoms with Crippen LogP contribution >= 0.6 is 0 Å². The lowest BCUT2D eigenvalue weighted by molar-refractivity contribution is -0.148. The maximum atomic E-state index is 12.8. The Morgan fingerprint density at radius 2 is 1.91 bits per heavy atom. The Morgan fingerprint density at radius 3 is 2.71 bits per heavy atom. The third-order valence-electron chi connectivity index (χ3n) is 6.34. The number of benzene rings is 1. The summed E-state index contributed by atoms with van der Waals surface area (Å²) >= 11 is 0. The summed E-state index contributed by atoms with van der Waals surface area (Å²) in [6, 6.07) is 9.57. The van der Waals surface area contributed by atoms with E-state index in [0.29, 0.717) is 30.9 Å². The number of para-hydroxylation sites is 1. The van der Waals surface area contributed by atoms with Gasteiger partial charge in [0.1, 0.15) is 0 Å². The molecule has 1 aliphatic heterocycles. The molecule has 1 unspecified atom stereocenters. The first kappa shape index (κ1) is 21.7. The highest BCUT2D eigenvalue weighted by molar-refractivity contribution is 5.86. The largest absolute Gasteiger partial charge is 0.481 e. The lowest BCUT2D eigenvalue weighted by Gasteiger charge is -2.23. The summed E-state index contributed by atoms with van der Waals surface area (Å²) in [6.07, 6.45) is 5.82.